The molecule has 1 unspecified atom stereocenters. The number of hydrogen-bond donors (Lipinski definition) is 4. The van der Waals surface area contributed by atoms with Crippen molar-refractivity contribution in [1.29, 1.82) is 0 Å². The SMILES string of the molecule is O=C1CCC(N2Cc3c(Nc4ccnc([C@]5(CO)CCCN5)n4)cccc3C2=O)C(=O)N1. The molecular formula is C22H24N6O4. The molecule has 0 aliphatic carbocycles. The summed E-state index contributed by atoms with van der Waals surface area (Å²) in [7, 11) is 0. The van der Waals surface area contributed by atoms with Crippen LogP contribution in [0.5, 0.6) is 0 Å². The van der Waals surface area contributed by atoms with Crippen LogP contribution in [0.1, 0.15) is 47.4 Å². The van der Waals surface area contributed by atoms with E-state index in [0.717, 1.165) is 24.9 Å². The van der Waals surface area contributed by atoms with Gasteiger partial charge in [-0.15, -0.1) is 0 Å². The van der Waals surface area contributed by atoms with Gasteiger partial charge < -0.3 is 20.6 Å². The van der Waals surface area contributed by atoms with Crippen LogP contribution >= 0.6 is 0 Å². The number of benzene rings is 1. The van der Waals surface area contributed by atoms with Crippen LogP contribution in [0.25, 0.3) is 0 Å². The minimum absolute atomic E-state index is 0.0907. The molecular weight excluding hydrogens is 412 g/mol. The predicted octanol–water partition coefficient (Wildman–Crippen LogP) is 0.552. The molecule has 3 aliphatic heterocycles. The van der Waals surface area contributed by atoms with Gasteiger partial charge in [0.1, 0.15) is 17.4 Å². The topological polar surface area (TPSA) is 137 Å². The number of aromatic nitrogens is 2. The normalized spacial score (nSPS) is 25.1. The zero-order valence-electron chi connectivity index (χ0n) is 17.4. The third-order valence-corrected chi connectivity index (χ3v) is 6.44. The fraction of sp³-hybridized carbons (Fsp3) is 0.409. The van der Waals surface area contributed by atoms with Gasteiger partial charge in [-0.05, 0) is 44.0 Å². The van der Waals surface area contributed by atoms with Gasteiger partial charge in [0, 0.05) is 36.0 Å². The summed E-state index contributed by atoms with van der Waals surface area (Å²) < 4.78 is 0. The summed E-state index contributed by atoms with van der Waals surface area (Å²) in [4.78, 5) is 47.3. The summed E-state index contributed by atoms with van der Waals surface area (Å²) in [5.74, 6) is 0.106. The Labute approximate surface area is 184 Å². The molecule has 0 radical (unpaired) electrons. The molecule has 3 aliphatic rings. The highest BCUT2D eigenvalue weighted by Crippen LogP contribution is 2.34. The maximum absolute atomic E-state index is 13.0. The minimum atomic E-state index is -0.663. The van der Waals surface area contributed by atoms with Gasteiger partial charge in [-0.1, -0.05) is 6.07 Å². The number of hydrogen-bond acceptors (Lipinski definition) is 8. The summed E-state index contributed by atoms with van der Waals surface area (Å²) in [5, 5.41) is 18.8. The largest absolute Gasteiger partial charge is 0.394 e. The summed E-state index contributed by atoms with van der Waals surface area (Å²) in [6, 6.07) is 6.45. The standard InChI is InChI=1S/C22H24N6O4/c29-12-22(8-2-9-24-22)21-23-10-7-17(26-21)25-15-4-1-3-13-14(15)11-28(20(13)32)16-5-6-18(30)27-19(16)31/h1,3-4,7,10,16,24,29H,2,5-6,8-9,11-12H2,(H,23,25,26)(H,27,30,31)/t16?,22-/m1/s1. The van der Waals surface area contributed by atoms with Crippen molar-refractivity contribution < 1.29 is 19.5 Å². The van der Waals surface area contributed by atoms with Crippen molar-refractivity contribution >= 4 is 29.2 Å². The van der Waals surface area contributed by atoms with Crippen LogP contribution < -0.4 is 16.0 Å². The van der Waals surface area contributed by atoms with Gasteiger partial charge in [0.2, 0.25) is 11.8 Å². The lowest BCUT2D eigenvalue weighted by atomic mass is 9.97. The van der Waals surface area contributed by atoms with Crippen molar-refractivity contribution in [2.45, 2.75) is 43.8 Å². The molecule has 4 N–H and O–H groups in total. The lowest BCUT2D eigenvalue weighted by Gasteiger charge is -2.29. The molecule has 4 heterocycles. The molecule has 0 spiro atoms. The van der Waals surface area contributed by atoms with Crippen LogP contribution in [0, 0.1) is 0 Å². The molecule has 166 valence electrons. The van der Waals surface area contributed by atoms with Crippen molar-refractivity contribution in [1.82, 2.24) is 25.5 Å². The molecule has 1 aromatic carbocycles. The number of aliphatic hydroxyl groups is 1. The summed E-state index contributed by atoms with van der Waals surface area (Å²) >= 11 is 0. The van der Waals surface area contributed by atoms with E-state index in [2.05, 4.69) is 25.9 Å². The second-order valence-electron chi connectivity index (χ2n) is 8.39. The molecule has 10 heteroatoms. The average molecular weight is 436 g/mol. The van der Waals surface area contributed by atoms with E-state index in [1.54, 1.807) is 24.4 Å². The van der Waals surface area contributed by atoms with Gasteiger partial charge in [0.05, 0.1) is 6.61 Å². The highest BCUT2D eigenvalue weighted by Gasteiger charge is 2.40. The Balaban J connectivity index is 1.41. The molecule has 0 saturated carbocycles. The number of piperidine rings is 1. The Morgan fingerprint density at radius 3 is 2.88 bits per heavy atom. The molecule has 3 amide bonds. The van der Waals surface area contributed by atoms with E-state index in [1.165, 1.54) is 4.90 Å². The monoisotopic (exact) mass is 436 g/mol. The van der Waals surface area contributed by atoms with Gasteiger partial charge in [0.15, 0.2) is 5.82 Å². The number of carbonyl (C=O) groups is 3. The summed E-state index contributed by atoms with van der Waals surface area (Å²) in [6.07, 6.45) is 3.87. The maximum Gasteiger partial charge on any atom is 0.255 e. The molecule has 5 rings (SSSR count). The van der Waals surface area contributed by atoms with Gasteiger partial charge in [-0.25, -0.2) is 9.97 Å². The first-order chi connectivity index (χ1) is 15.5. The number of anilines is 2. The predicted molar refractivity (Wildman–Crippen MR) is 114 cm³/mol. The molecule has 2 fully saturated rings. The number of amides is 3. The highest BCUT2D eigenvalue weighted by molar-refractivity contribution is 6.06. The quantitative estimate of drug-likeness (QED) is 0.499. The second kappa shape index (κ2) is 7.95. The van der Waals surface area contributed by atoms with Gasteiger partial charge in [0.25, 0.3) is 5.91 Å². The van der Waals surface area contributed by atoms with E-state index in [9.17, 15) is 19.5 Å². The number of rotatable bonds is 5. The first-order valence-electron chi connectivity index (χ1n) is 10.7. The molecule has 32 heavy (non-hydrogen) atoms. The molecule has 2 aromatic rings. The summed E-state index contributed by atoms with van der Waals surface area (Å²) in [6.45, 7) is 0.975. The van der Waals surface area contributed by atoms with Gasteiger partial charge in [-0.2, -0.15) is 0 Å². The number of carbonyl (C=O) groups excluding carboxylic acids is 3. The average Bonchev–Trinajstić information content (AvgIpc) is 3.41. The number of imide groups is 1. The van der Waals surface area contributed by atoms with E-state index >= 15 is 0 Å². The lowest BCUT2D eigenvalue weighted by molar-refractivity contribution is -0.136. The van der Waals surface area contributed by atoms with Crippen molar-refractivity contribution in [3.05, 3.63) is 47.4 Å². The maximum atomic E-state index is 13.0. The van der Waals surface area contributed by atoms with Crippen LogP contribution in [0.15, 0.2) is 30.5 Å². The Kier molecular flexibility index (Phi) is 5.10. The molecule has 1 aromatic heterocycles. The van der Waals surface area contributed by atoms with Gasteiger partial charge >= 0.3 is 0 Å². The number of aliphatic hydroxyl groups excluding tert-OH is 1. The number of nitrogens with one attached hydrogen (secondary N) is 3. The van der Waals surface area contributed by atoms with E-state index < -0.39 is 17.5 Å². The van der Waals surface area contributed by atoms with Crippen LogP contribution in [-0.4, -0.2) is 56.9 Å². The van der Waals surface area contributed by atoms with Crippen LogP contribution in [0.3, 0.4) is 0 Å². The van der Waals surface area contributed by atoms with Crippen molar-refractivity contribution in [2.75, 3.05) is 18.5 Å². The third-order valence-electron chi connectivity index (χ3n) is 6.44. The first-order valence-corrected chi connectivity index (χ1v) is 10.7. The van der Waals surface area contributed by atoms with Crippen LogP contribution in [0.4, 0.5) is 11.5 Å². The number of fused-ring (bicyclic) bond motifs is 1. The lowest BCUT2D eigenvalue weighted by Crippen LogP contribution is -2.52. The summed E-state index contributed by atoms with van der Waals surface area (Å²) in [5.41, 5.74) is 1.37. The van der Waals surface area contributed by atoms with E-state index in [4.69, 9.17) is 0 Å². The molecule has 10 nitrogen and oxygen atoms in total. The minimum Gasteiger partial charge on any atom is -0.394 e. The zero-order chi connectivity index (χ0) is 22.3. The Morgan fingerprint density at radius 2 is 2.12 bits per heavy atom. The van der Waals surface area contributed by atoms with Crippen molar-refractivity contribution in [3.8, 4) is 0 Å². The van der Waals surface area contributed by atoms with E-state index in [0.29, 0.717) is 29.3 Å². The first kappa shape index (κ1) is 20.5. The highest BCUT2D eigenvalue weighted by atomic mass is 16.3. The second-order valence-corrected chi connectivity index (χ2v) is 8.39. The fourth-order valence-corrected chi connectivity index (χ4v) is 4.70. The van der Waals surface area contributed by atoms with Crippen LogP contribution in [0.2, 0.25) is 0 Å². The van der Waals surface area contributed by atoms with E-state index in [-0.39, 0.29) is 31.4 Å². The van der Waals surface area contributed by atoms with Crippen molar-refractivity contribution in [2.24, 2.45) is 0 Å². The third kappa shape index (κ3) is 3.41. The molecule has 2 saturated heterocycles. The molecule has 0 bridgehead atoms. The molecule has 2 atom stereocenters. The fourth-order valence-electron chi connectivity index (χ4n) is 4.70. The van der Waals surface area contributed by atoms with E-state index in [1.807, 2.05) is 6.07 Å². The Morgan fingerprint density at radius 1 is 1.25 bits per heavy atom. The Hall–Kier alpha value is -3.37. The van der Waals surface area contributed by atoms with Crippen LogP contribution in [-0.2, 0) is 21.7 Å². The number of nitrogens with zero attached hydrogens (tertiary/aromatic N) is 3. The van der Waals surface area contributed by atoms with Crippen molar-refractivity contribution in [3.63, 3.8) is 0 Å². The Bertz CT molecular complexity index is 1100. The van der Waals surface area contributed by atoms with Gasteiger partial charge in [-0.3, -0.25) is 19.7 Å². The smallest absolute Gasteiger partial charge is 0.255 e. The zero-order valence-corrected chi connectivity index (χ0v) is 17.4.